The van der Waals surface area contributed by atoms with Gasteiger partial charge in [0.25, 0.3) is 0 Å². The predicted molar refractivity (Wildman–Crippen MR) is 92.3 cm³/mol. The number of aromatic nitrogens is 2. The van der Waals surface area contributed by atoms with Crippen LogP contribution in [0.25, 0.3) is 0 Å². The van der Waals surface area contributed by atoms with E-state index in [9.17, 15) is 4.79 Å². The van der Waals surface area contributed by atoms with Gasteiger partial charge in [-0.15, -0.1) is 0 Å². The lowest BCUT2D eigenvalue weighted by atomic mass is 9.95. The van der Waals surface area contributed by atoms with Crippen molar-refractivity contribution in [3.05, 3.63) is 42.1 Å². The van der Waals surface area contributed by atoms with Gasteiger partial charge in [-0.05, 0) is 38.0 Å². The minimum Gasteiger partial charge on any atom is -0.367 e. The van der Waals surface area contributed by atoms with Crippen molar-refractivity contribution in [2.24, 2.45) is 0 Å². The van der Waals surface area contributed by atoms with Gasteiger partial charge < -0.3 is 10.6 Å². The highest BCUT2D eigenvalue weighted by molar-refractivity contribution is 5.95. The van der Waals surface area contributed by atoms with Gasteiger partial charge in [0.1, 0.15) is 5.82 Å². The fraction of sp³-hybridized carbons (Fsp3) is 0.389. The number of carbonyl (C=O) groups excluding carboxylic acids is 1. The molecule has 1 aromatic carbocycles. The lowest BCUT2D eigenvalue weighted by molar-refractivity contribution is 0.101. The van der Waals surface area contributed by atoms with Crippen molar-refractivity contribution in [2.75, 3.05) is 10.6 Å². The maximum absolute atomic E-state index is 11.5. The second-order valence-electron chi connectivity index (χ2n) is 6.01. The summed E-state index contributed by atoms with van der Waals surface area (Å²) in [6.07, 6.45) is 8.05. The number of anilines is 3. The number of nitrogens with one attached hydrogen (secondary N) is 2. The molecule has 0 spiro atoms. The maximum Gasteiger partial charge on any atom is 0.229 e. The first-order valence-electron chi connectivity index (χ1n) is 8.18. The molecule has 2 aromatic rings. The molecular weight excluding hydrogens is 288 g/mol. The molecule has 0 bridgehead atoms. The Labute approximate surface area is 136 Å². The summed E-state index contributed by atoms with van der Waals surface area (Å²) < 4.78 is 0. The molecule has 1 heterocycles. The molecule has 5 heteroatoms. The van der Waals surface area contributed by atoms with E-state index in [-0.39, 0.29) is 5.78 Å². The fourth-order valence-electron chi connectivity index (χ4n) is 2.90. The average molecular weight is 310 g/mol. The molecule has 1 aliphatic carbocycles. The van der Waals surface area contributed by atoms with Crippen LogP contribution in [0.5, 0.6) is 0 Å². The van der Waals surface area contributed by atoms with Crippen LogP contribution >= 0.6 is 0 Å². The maximum atomic E-state index is 11.5. The number of Topliss-reactive ketones (excluding diaryl/α,β-unsaturated/α-hetero) is 1. The molecule has 1 fully saturated rings. The number of ketones is 1. The van der Waals surface area contributed by atoms with E-state index in [0.29, 0.717) is 17.6 Å². The van der Waals surface area contributed by atoms with Gasteiger partial charge in [0.15, 0.2) is 5.78 Å². The number of hydrogen-bond donors (Lipinski definition) is 2. The second kappa shape index (κ2) is 7.22. The summed E-state index contributed by atoms with van der Waals surface area (Å²) >= 11 is 0. The molecule has 0 saturated heterocycles. The van der Waals surface area contributed by atoms with Crippen LogP contribution < -0.4 is 10.6 Å². The van der Waals surface area contributed by atoms with Gasteiger partial charge in [-0.2, -0.15) is 4.98 Å². The van der Waals surface area contributed by atoms with Crippen LogP contribution in [0.2, 0.25) is 0 Å². The van der Waals surface area contributed by atoms with Crippen molar-refractivity contribution in [2.45, 2.75) is 45.1 Å². The van der Waals surface area contributed by atoms with E-state index >= 15 is 0 Å². The zero-order chi connectivity index (χ0) is 16.1. The van der Waals surface area contributed by atoms with Crippen LogP contribution in [0, 0.1) is 0 Å². The van der Waals surface area contributed by atoms with Crippen molar-refractivity contribution in [3.8, 4) is 0 Å². The minimum atomic E-state index is 0.0438. The van der Waals surface area contributed by atoms with Gasteiger partial charge in [0.2, 0.25) is 5.95 Å². The Bertz CT molecular complexity index is 680. The summed E-state index contributed by atoms with van der Waals surface area (Å²) in [5.41, 5.74) is 1.49. The topological polar surface area (TPSA) is 66.9 Å². The van der Waals surface area contributed by atoms with Crippen LogP contribution in [0.4, 0.5) is 17.5 Å². The Morgan fingerprint density at radius 3 is 2.78 bits per heavy atom. The Kier molecular flexibility index (Phi) is 4.86. The van der Waals surface area contributed by atoms with Gasteiger partial charge >= 0.3 is 0 Å². The van der Waals surface area contributed by atoms with Crippen molar-refractivity contribution < 1.29 is 4.79 Å². The summed E-state index contributed by atoms with van der Waals surface area (Å²) in [6.45, 7) is 1.56. The van der Waals surface area contributed by atoms with Crippen molar-refractivity contribution >= 4 is 23.2 Å². The van der Waals surface area contributed by atoms with Gasteiger partial charge in [-0.3, -0.25) is 4.79 Å². The average Bonchev–Trinajstić information content (AvgIpc) is 2.56. The lowest BCUT2D eigenvalue weighted by Gasteiger charge is -2.23. The third kappa shape index (κ3) is 4.28. The van der Waals surface area contributed by atoms with E-state index in [2.05, 4.69) is 20.6 Å². The van der Waals surface area contributed by atoms with Gasteiger partial charge in [0.05, 0.1) is 0 Å². The molecule has 120 valence electrons. The summed E-state index contributed by atoms with van der Waals surface area (Å²) in [4.78, 5) is 20.2. The molecule has 0 atom stereocenters. The normalized spacial score (nSPS) is 15.2. The molecule has 1 saturated carbocycles. The standard InChI is InChI=1S/C18H22N4O/c1-13(23)14-6-5-9-16(12-14)21-18-19-11-10-17(22-18)20-15-7-3-2-4-8-15/h5-6,9-12,15H,2-4,7-8H2,1H3,(H2,19,20,21,22). The highest BCUT2D eigenvalue weighted by Gasteiger charge is 2.13. The Morgan fingerprint density at radius 2 is 2.00 bits per heavy atom. The molecule has 1 aromatic heterocycles. The lowest BCUT2D eigenvalue weighted by Crippen LogP contribution is -2.22. The molecule has 23 heavy (non-hydrogen) atoms. The van der Waals surface area contributed by atoms with Crippen molar-refractivity contribution in [1.29, 1.82) is 0 Å². The van der Waals surface area contributed by atoms with Gasteiger partial charge in [0, 0.05) is 23.5 Å². The Balaban J connectivity index is 1.69. The van der Waals surface area contributed by atoms with E-state index < -0.39 is 0 Å². The number of nitrogens with zero attached hydrogens (tertiary/aromatic N) is 2. The molecule has 0 unspecified atom stereocenters. The van der Waals surface area contributed by atoms with E-state index in [1.807, 2.05) is 24.3 Å². The van der Waals surface area contributed by atoms with E-state index in [0.717, 1.165) is 11.5 Å². The summed E-state index contributed by atoms with van der Waals surface area (Å²) in [7, 11) is 0. The molecule has 0 aliphatic heterocycles. The fourth-order valence-corrected chi connectivity index (χ4v) is 2.90. The summed E-state index contributed by atoms with van der Waals surface area (Å²) in [5, 5.41) is 6.65. The minimum absolute atomic E-state index is 0.0438. The van der Waals surface area contributed by atoms with Crippen LogP contribution in [0.1, 0.15) is 49.4 Å². The van der Waals surface area contributed by atoms with Crippen LogP contribution in [0.3, 0.4) is 0 Å². The van der Waals surface area contributed by atoms with Gasteiger partial charge in [-0.25, -0.2) is 4.98 Å². The van der Waals surface area contributed by atoms with E-state index in [4.69, 9.17) is 0 Å². The first-order chi connectivity index (χ1) is 11.2. The SMILES string of the molecule is CC(=O)c1cccc(Nc2nccc(NC3CCCCC3)n2)c1. The van der Waals surface area contributed by atoms with E-state index in [1.165, 1.54) is 32.1 Å². The Morgan fingerprint density at radius 1 is 1.17 bits per heavy atom. The number of carbonyl (C=O) groups is 1. The first kappa shape index (κ1) is 15.5. The molecule has 0 amide bonds. The van der Waals surface area contributed by atoms with Crippen molar-refractivity contribution in [3.63, 3.8) is 0 Å². The predicted octanol–water partition coefficient (Wildman–Crippen LogP) is 4.17. The third-order valence-corrected chi connectivity index (χ3v) is 4.14. The highest BCUT2D eigenvalue weighted by atomic mass is 16.1. The monoisotopic (exact) mass is 310 g/mol. The van der Waals surface area contributed by atoms with Crippen molar-refractivity contribution in [1.82, 2.24) is 9.97 Å². The highest BCUT2D eigenvalue weighted by Crippen LogP contribution is 2.21. The number of hydrogen-bond acceptors (Lipinski definition) is 5. The quantitative estimate of drug-likeness (QED) is 0.811. The zero-order valence-electron chi connectivity index (χ0n) is 13.4. The van der Waals surface area contributed by atoms with Crippen LogP contribution in [-0.2, 0) is 0 Å². The number of benzene rings is 1. The van der Waals surface area contributed by atoms with E-state index in [1.54, 1.807) is 19.2 Å². The first-order valence-corrected chi connectivity index (χ1v) is 8.18. The summed E-state index contributed by atoms with van der Waals surface area (Å²) in [6, 6.07) is 9.77. The van der Waals surface area contributed by atoms with Crippen LogP contribution in [-0.4, -0.2) is 21.8 Å². The smallest absolute Gasteiger partial charge is 0.229 e. The molecular formula is C18H22N4O. The number of rotatable bonds is 5. The molecule has 5 nitrogen and oxygen atoms in total. The zero-order valence-corrected chi connectivity index (χ0v) is 13.4. The van der Waals surface area contributed by atoms with Gasteiger partial charge in [-0.1, -0.05) is 31.4 Å². The second-order valence-corrected chi connectivity index (χ2v) is 6.01. The largest absolute Gasteiger partial charge is 0.367 e. The van der Waals surface area contributed by atoms with Crippen LogP contribution in [0.15, 0.2) is 36.5 Å². The third-order valence-electron chi connectivity index (χ3n) is 4.14. The molecule has 0 radical (unpaired) electrons. The Hall–Kier alpha value is -2.43. The summed E-state index contributed by atoms with van der Waals surface area (Å²) in [5.74, 6) is 1.42. The molecule has 2 N–H and O–H groups in total. The molecule has 1 aliphatic rings. The molecule has 3 rings (SSSR count).